The summed E-state index contributed by atoms with van der Waals surface area (Å²) in [5.41, 5.74) is -3.68. The highest BCUT2D eigenvalue weighted by molar-refractivity contribution is 7.93. The number of rotatable bonds is 13. The lowest BCUT2D eigenvalue weighted by Crippen LogP contribution is -2.35. The van der Waals surface area contributed by atoms with Crippen LogP contribution in [0, 0.1) is 58.2 Å². The largest absolute Gasteiger partial charge is 0.497 e. The van der Waals surface area contributed by atoms with Crippen LogP contribution in [0.5, 0.6) is 17.2 Å². The fourth-order valence-corrected chi connectivity index (χ4v) is 8.61. The standard InChI is InChI=1S/C24H21F5N2O5S.C16H13F5N2O4S/c1-30(2)24(32)18-19(26)20(27)21(28)22(29)23(18)37(33,34)31(12-13-5-8-15(35-3)9-6-13)14-7-10-17(36-4)16(25)11-14;1-23(2)16(24)10-11(18)12(19)13(20)14(21)15(10)28(25,26)22-7-4-5-9(27-3)8(17)6-7/h5-11H,12H2,1-4H3;4-6,22H,1-3H3. The van der Waals surface area contributed by atoms with Crippen molar-refractivity contribution < 1.29 is 84.5 Å². The monoisotopic (exact) mass is 968 g/mol. The number of ether oxygens (including phenoxy) is 3. The molecule has 0 saturated heterocycles. The first-order valence-electron chi connectivity index (χ1n) is 17.8. The van der Waals surface area contributed by atoms with E-state index in [9.17, 15) is 65.9 Å². The summed E-state index contributed by atoms with van der Waals surface area (Å²) < 4.78 is 211. The number of nitrogens with one attached hydrogen (secondary N) is 1. The summed E-state index contributed by atoms with van der Waals surface area (Å²) >= 11 is 0. The van der Waals surface area contributed by atoms with Crippen LogP contribution >= 0.6 is 0 Å². The van der Waals surface area contributed by atoms with Crippen LogP contribution in [0.15, 0.2) is 70.5 Å². The molecule has 5 aromatic rings. The second-order valence-corrected chi connectivity index (χ2v) is 16.9. The summed E-state index contributed by atoms with van der Waals surface area (Å²) in [6, 6.07) is 11.5. The van der Waals surface area contributed by atoms with E-state index >= 15 is 4.39 Å². The van der Waals surface area contributed by atoms with Crippen LogP contribution in [0.2, 0.25) is 0 Å². The van der Waals surface area contributed by atoms with Gasteiger partial charge in [-0.05, 0) is 42.0 Å². The summed E-state index contributed by atoms with van der Waals surface area (Å²) in [5.74, 6) is -23.5. The molecule has 0 fully saturated rings. The molecule has 0 aromatic heterocycles. The number of benzene rings is 5. The fourth-order valence-electron chi connectivity index (χ4n) is 5.62. The number of anilines is 2. The predicted octanol–water partition coefficient (Wildman–Crippen LogP) is 7.39. The molecule has 0 heterocycles. The van der Waals surface area contributed by atoms with E-state index in [0.29, 0.717) is 25.9 Å². The van der Waals surface area contributed by atoms with Crippen LogP contribution in [0.1, 0.15) is 26.3 Å². The smallest absolute Gasteiger partial charge is 0.268 e. The number of hydrogen-bond acceptors (Lipinski definition) is 9. The van der Waals surface area contributed by atoms with Gasteiger partial charge in [0.25, 0.3) is 31.9 Å². The third-order valence-electron chi connectivity index (χ3n) is 8.82. The molecular formula is C40H34F10N4O9S2. The maximum absolute atomic E-state index is 15.1. The Kier molecular flexibility index (Phi) is 15.6. The van der Waals surface area contributed by atoms with Crippen molar-refractivity contribution in [1.29, 1.82) is 0 Å². The molecule has 2 amide bonds. The van der Waals surface area contributed by atoms with Crippen molar-refractivity contribution in [2.75, 3.05) is 58.5 Å². The van der Waals surface area contributed by atoms with Gasteiger partial charge in [0.15, 0.2) is 69.7 Å². The average Bonchev–Trinajstić information content (AvgIpc) is 3.25. The van der Waals surface area contributed by atoms with Gasteiger partial charge in [0.05, 0.1) is 39.2 Å². The summed E-state index contributed by atoms with van der Waals surface area (Å²) in [7, 11) is -2.57. The van der Waals surface area contributed by atoms with Crippen molar-refractivity contribution in [2.45, 2.75) is 16.3 Å². The summed E-state index contributed by atoms with van der Waals surface area (Å²) in [6.45, 7) is -0.603. The van der Waals surface area contributed by atoms with Gasteiger partial charge < -0.3 is 24.0 Å². The molecule has 0 bridgehead atoms. The highest BCUT2D eigenvalue weighted by Crippen LogP contribution is 2.36. The third kappa shape index (κ3) is 10.3. The quantitative estimate of drug-likeness (QED) is 0.0724. The Morgan fingerprint density at radius 3 is 1.40 bits per heavy atom. The maximum atomic E-state index is 15.1. The summed E-state index contributed by atoms with van der Waals surface area (Å²) in [5, 5.41) is 0. The van der Waals surface area contributed by atoms with Crippen molar-refractivity contribution in [1.82, 2.24) is 9.80 Å². The van der Waals surface area contributed by atoms with Gasteiger partial charge in [0.1, 0.15) is 26.7 Å². The Hall–Kier alpha value is -6.76. The zero-order valence-corrected chi connectivity index (χ0v) is 36.2. The summed E-state index contributed by atoms with van der Waals surface area (Å²) in [4.78, 5) is 22.5. The zero-order chi connectivity index (χ0) is 49.0. The van der Waals surface area contributed by atoms with Crippen LogP contribution < -0.4 is 23.2 Å². The van der Waals surface area contributed by atoms with Crippen LogP contribution in [0.4, 0.5) is 55.3 Å². The number of carbonyl (C=O) groups is 2. The van der Waals surface area contributed by atoms with Gasteiger partial charge in [0, 0.05) is 40.3 Å². The zero-order valence-electron chi connectivity index (χ0n) is 34.6. The Balaban J connectivity index is 0.000000296. The lowest BCUT2D eigenvalue weighted by molar-refractivity contribution is 0.0808. The highest BCUT2D eigenvalue weighted by Gasteiger charge is 2.41. The van der Waals surface area contributed by atoms with E-state index in [1.807, 2.05) is 0 Å². The molecule has 350 valence electrons. The normalized spacial score (nSPS) is 11.3. The number of methoxy groups -OCH3 is 3. The molecule has 1 N–H and O–H groups in total. The van der Waals surface area contributed by atoms with E-state index in [4.69, 9.17) is 9.47 Å². The number of hydrogen-bond donors (Lipinski definition) is 1. The highest BCUT2D eigenvalue weighted by atomic mass is 32.2. The number of sulfonamides is 2. The predicted molar refractivity (Wildman–Crippen MR) is 212 cm³/mol. The number of nitrogens with zero attached hydrogens (tertiary/aromatic N) is 3. The molecule has 0 aliphatic rings. The number of amides is 2. The minimum absolute atomic E-state index is 0.239. The van der Waals surface area contributed by atoms with Gasteiger partial charge in [-0.25, -0.2) is 60.7 Å². The van der Waals surface area contributed by atoms with E-state index in [1.54, 1.807) is 4.72 Å². The Labute approximate surface area is 364 Å². The van der Waals surface area contributed by atoms with E-state index in [-0.39, 0.29) is 17.1 Å². The van der Waals surface area contributed by atoms with Crippen molar-refractivity contribution in [2.24, 2.45) is 0 Å². The van der Waals surface area contributed by atoms with E-state index in [0.717, 1.165) is 65.6 Å². The van der Waals surface area contributed by atoms with E-state index in [1.165, 1.54) is 38.5 Å². The molecule has 0 aliphatic carbocycles. The van der Waals surface area contributed by atoms with Crippen molar-refractivity contribution >= 4 is 43.2 Å². The SMILES string of the molecule is COc1ccc(CN(c2ccc(OC)c(F)c2)S(=O)(=O)c2c(F)c(F)c(F)c(F)c2C(=O)N(C)C)cc1.COc1ccc(NS(=O)(=O)c2c(F)c(F)c(F)c(F)c2C(=O)N(C)C)cc1F. The van der Waals surface area contributed by atoms with Crippen molar-refractivity contribution in [3.8, 4) is 17.2 Å². The molecule has 0 radical (unpaired) electrons. The molecule has 5 rings (SSSR count). The topological polar surface area (TPSA) is 152 Å². The minimum Gasteiger partial charge on any atom is -0.497 e. The van der Waals surface area contributed by atoms with E-state index < -0.39 is 129 Å². The van der Waals surface area contributed by atoms with Crippen LogP contribution in [0.25, 0.3) is 0 Å². The minimum atomic E-state index is -5.38. The molecule has 0 spiro atoms. The Morgan fingerprint density at radius 2 is 0.969 bits per heavy atom. The summed E-state index contributed by atoms with van der Waals surface area (Å²) in [6.07, 6.45) is 0. The molecule has 0 unspecified atom stereocenters. The average molecular weight is 969 g/mol. The van der Waals surface area contributed by atoms with Crippen LogP contribution in [-0.4, -0.2) is 88.0 Å². The number of carbonyl (C=O) groups excluding carboxylic acids is 2. The molecule has 0 aliphatic heterocycles. The lowest BCUT2D eigenvalue weighted by atomic mass is 10.1. The Bertz CT molecular complexity index is 2890. The molecule has 65 heavy (non-hydrogen) atoms. The molecule has 25 heteroatoms. The van der Waals surface area contributed by atoms with Crippen molar-refractivity contribution in [3.05, 3.63) is 136 Å². The molecule has 13 nitrogen and oxygen atoms in total. The second-order valence-electron chi connectivity index (χ2n) is 13.5. The van der Waals surface area contributed by atoms with E-state index in [2.05, 4.69) is 4.74 Å². The first kappa shape index (κ1) is 50.9. The first-order valence-corrected chi connectivity index (χ1v) is 20.7. The van der Waals surface area contributed by atoms with Crippen molar-refractivity contribution in [3.63, 3.8) is 0 Å². The third-order valence-corrected chi connectivity index (χ3v) is 12.1. The first-order chi connectivity index (χ1) is 30.3. The number of halogens is 10. The van der Waals surface area contributed by atoms with Gasteiger partial charge in [-0.1, -0.05) is 12.1 Å². The van der Waals surface area contributed by atoms with Gasteiger partial charge in [0.2, 0.25) is 0 Å². The molecule has 0 saturated carbocycles. The van der Waals surface area contributed by atoms with Gasteiger partial charge >= 0.3 is 0 Å². The van der Waals surface area contributed by atoms with Crippen LogP contribution in [0.3, 0.4) is 0 Å². The molecule has 0 atom stereocenters. The van der Waals surface area contributed by atoms with Gasteiger partial charge in [-0.3, -0.25) is 18.6 Å². The van der Waals surface area contributed by atoms with Gasteiger partial charge in [-0.15, -0.1) is 0 Å². The second kappa shape index (κ2) is 20.0. The Morgan fingerprint density at radius 1 is 0.538 bits per heavy atom. The molecular weight excluding hydrogens is 935 g/mol. The van der Waals surface area contributed by atoms with Crippen LogP contribution in [-0.2, 0) is 26.6 Å². The lowest BCUT2D eigenvalue weighted by Gasteiger charge is -2.27. The maximum Gasteiger partial charge on any atom is 0.268 e. The molecule has 5 aromatic carbocycles. The fraction of sp³-hybridized carbons (Fsp3) is 0.200. The van der Waals surface area contributed by atoms with Gasteiger partial charge in [-0.2, -0.15) is 0 Å².